The Balaban J connectivity index is 3.50. The van der Waals surface area contributed by atoms with Crippen molar-refractivity contribution in [2.75, 3.05) is 0 Å². The zero-order valence-corrected chi connectivity index (χ0v) is 8.31. The van der Waals surface area contributed by atoms with Crippen molar-refractivity contribution >= 4 is 5.78 Å². The lowest BCUT2D eigenvalue weighted by Gasteiger charge is -2.04. The van der Waals surface area contributed by atoms with E-state index in [1.807, 2.05) is 0 Å². The minimum Gasteiger partial charge on any atom is -0.300 e. The summed E-state index contributed by atoms with van der Waals surface area (Å²) >= 11 is 0. The Hall–Kier alpha value is -0.770. The molecule has 0 amide bonds. The van der Waals surface area contributed by atoms with Crippen molar-refractivity contribution < 1.29 is 4.79 Å². The van der Waals surface area contributed by atoms with Crippen LogP contribution >= 0.6 is 0 Å². The average molecular weight is 166 g/mol. The van der Waals surface area contributed by atoms with E-state index in [0.29, 0.717) is 18.1 Å². The van der Waals surface area contributed by atoms with Gasteiger partial charge in [-0.15, -0.1) is 11.8 Å². The molecule has 1 atom stereocenters. The molecule has 0 aromatic rings. The van der Waals surface area contributed by atoms with Gasteiger partial charge in [-0.05, 0) is 12.8 Å². The van der Waals surface area contributed by atoms with E-state index in [0.717, 1.165) is 19.3 Å². The maximum absolute atomic E-state index is 11.2. The van der Waals surface area contributed by atoms with Crippen molar-refractivity contribution in [3.8, 4) is 11.8 Å². The third-order valence-electron chi connectivity index (χ3n) is 1.98. The first-order chi connectivity index (χ1) is 5.70. The van der Waals surface area contributed by atoms with E-state index < -0.39 is 0 Å². The molecule has 0 radical (unpaired) electrons. The van der Waals surface area contributed by atoms with Gasteiger partial charge in [0.25, 0.3) is 0 Å². The molecule has 1 unspecified atom stereocenters. The molecule has 0 fully saturated rings. The van der Waals surface area contributed by atoms with Gasteiger partial charge in [-0.2, -0.15) is 0 Å². The first-order valence-electron chi connectivity index (χ1n) is 4.62. The van der Waals surface area contributed by atoms with E-state index in [-0.39, 0.29) is 0 Å². The number of Topliss-reactive ketones (excluding diaryl/α,β-unsaturated/α-hetero) is 1. The molecule has 0 aromatic carbocycles. The highest BCUT2D eigenvalue weighted by Gasteiger charge is 2.05. The van der Waals surface area contributed by atoms with Gasteiger partial charge in [0.2, 0.25) is 0 Å². The summed E-state index contributed by atoms with van der Waals surface area (Å²) in [6, 6.07) is 0. The lowest BCUT2D eigenvalue weighted by molar-refractivity contribution is -0.119. The highest BCUT2D eigenvalue weighted by Crippen LogP contribution is 2.08. The summed E-state index contributed by atoms with van der Waals surface area (Å²) < 4.78 is 0. The van der Waals surface area contributed by atoms with Crippen LogP contribution in [0.25, 0.3) is 0 Å². The van der Waals surface area contributed by atoms with Gasteiger partial charge < -0.3 is 0 Å². The maximum atomic E-state index is 11.2. The van der Waals surface area contributed by atoms with Crippen LogP contribution in [0.4, 0.5) is 0 Å². The molecule has 0 bridgehead atoms. The molecule has 68 valence electrons. The van der Waals surface area contributed by atoms with Crippen LogP contribution in [0.1, 0.15) is 46.5 Å². The Labute approximate surface area is 75.5 Å². The van der Waals surface area contributed by atoms with Gasteiger partial charge in [-0.25, -0.2) is 0 Å². The van der Waals surface area contributed by atoms with E-state index in [2.05, 4.69) is 25.7 Å². The predicted molar refractivity (Wildman–Crippen MR) is 51.8 cm³/mol. The molecule has 0 aromatic heterocycles. The monoisotopic (exact) mass is 166 g/mol. The molecule has 1 nitrogen and oxygen atoms in total. The second-order valence-corrected chi connectivity index (χ2v) is 3.18. The number of hydrogen-bond donors (Lipinski definition) is 0. The van der Waals surface area contributed by atoms with E-state index >= 15 is 0 Å². The quantitative estimate of drug-likeness (QED) is 0.574. The van der Waals surface area contributed by atoms with Crippen LogP contribution < -0.4 is 0 Å². The van der Waals surface area contributed by atoms with Crippen molar-refractivity contribution in [2.45, 2.75) is 46.5 Å². The molecule has 0 N–H and O–H groups in total. The first-order valence-corrected chi connectivity index (χ1v) is 4.62. The largest absolute Gasteiger partial charge is 0.300 e. The number of rotatable bonds is 5. The first kappa shape index (κ1) is 11.2. The fraction of sp³-hybridized carbons (Fsp3) is 0.727. The van der Waals surface area contributed by atoms with Gasteiger partial charge in [-0.1, -0.05) is 20.3 Å². The number of carbonyl (C=O) groups excluding carboxylic acids is 1. The minimum atomic E-state index is 0.354. The lowest BCUT2D eigenvalue weighted by atomic mass is 10.00. The van der Waals surface area contributed by atoms with E-state index in [1.165, 1.54) is 0 Å². The maximum Gasteiger partial charge on any atom is 0.134 e. The fourth-order valence-electron chi connectivity index (χ4n) is 0.962. The second kappa shape index (κ2) is 6.91. The van der Waals surface area contributed by atoms with Crippen molar-refractivity contribution in [3.63, 3.8) is 0 Å². The van der Waals surface area contributed by atoms with Crippen LogP contribution in [0.2, 0.25) is 0 Å². The smallest absolute Gasteiger partial charge is 0.134 e. The molecule has 0 aliphatic heterocycles. The van der Waals surface area contributed by atoms with Gasteiger partial charge in [-0.3, -0.25) is 4.79 Å². The Morgan fingerprint density at radius 3 is 2.67 bits per heavy atom. The molecular weight excluding hydrogens is 148 g/mol. The van der Waals surface area contributed by atoms with E-state index in [9.17, 15) is 4.79 Å². The highest BCUT2D eigenvalue weighted by molar-refractivity contribution is 5.78. The summed E-state index contributed by atoms with van der Waals surface area (Å²) in [4.78, 5) is 11.2. The predicted octanol–water partition coefficient (Wildman–Crippen LogP) is 2.80. The standard InChI is InChI=1S/C11H18O/c1-4-6-7-8-11(12)9-10(3)5-2/h10H,5,7-9H2,1-3H3. The average Bonchev–Trinajstić information content (AvgIpc) is 2.05. The topological polar surface area (TPSA) is 17.1 Å². The minimum absolute atomic E-state index is 0.354. The number of hydrogen-bond acceptors (Lipinski definition) is 1. The van der Waals surface area contributed by atoms with Crippen LogP contribution in [0, 0.1) is 17.8 Å². The van der Waals surface area contributed by atoms with Crippen molar-refractivity contribution in [3.05, 3.63) is 0 Å². The zero-order chi connectivity index (χ0) is 9.40. The SMILES string of the molecule is CC#CCCC(=O)CC(C)CC. The van der Waals surface area contributed by atoms with Crippen molar-refractivity contribution in [2.24, 2.45) is 5.92 Å². The molecule has 0 aliphatic carbocycles. The summed E-state index contributed by atoms with van der Waals surface area (Å²) in [5.74, 6) is 6.58. The third kappa shape index (κ3) is 5.97. The van der Waals surface area contributed by atoms with Gasteiger partial charge in [0.15, 0.2) is 0 Å². The molecule has 0 saturated carbocycles. The highest BCUT2D eigenvalue weighted by atomic mass is 16.1. The third-order valence-corrected chi connectivity index (χ3v) is 1.98. The van der Waals surface area contributed by atoms with Crippen LogP contribution in [-0.4, -0.2) is 5.78 Å². The van der Waals surface area contributed by atoms with Gasteiger partial charge in [0.1, 0.15) is 5.78 Å². The molecule has 0 aliphatic rings. The van der Waals surface area contributed by atoms with Crippen LogP contribution in [0.3, 0.4) is 0 Å². The Bertz CT molecular complexity index is 183. The molecule has 0 rings (SSSR count). The molecule has 1 heteroatoms. The molecule has 0 spiro atoms. The summed E-state index contributed by atoms with van der Waals surface area (Å²) in [7, 11) is 0. The van der Waals surface area contributed by atoms with E-state index in [4.69, 9.17) is 0 Å². The van der Waals surface area contributed by atoms with Crippen LogP contribution in [0.15, 0.2) is 0 Å². The Morgan fingerprint density at radius 2 is 2.17 bits per heavy atom. The molecule has 0 saturated heterocycles. The van der Waals surface area contributed by atoms with Crippen LogP contribution in [-0.2, 0) is 4.79 Å². The summed E-state index contributed by atoms with van der Waals surface area (Å²) in [6.45, 7) is 6.03. The van der Waals surface area contributed by atoms with Crippen molar-refractivity contribution in [1.29, 1.82) is 0 Å². The zero-order valence-electron chi connectivity index (χ0n) is 8.31. The van der Waals surface area contributed by atoms with E-state index in [1.54, 1.807) is 6.92 Å². The molecule has 0 heterocycles. The normalized spacial score (nSPS) is 11.6. The van der Waals surface area contributed by atoms with Crippen LogP contribution in [0.5, 0.6) is 0 Å². The Kier molecular flexibility index (Phi) is 6.47. The summed E-state index contributed by atoms with van der Waals surface area (Å²) in [5.41, 5.74) is 0. The van der Waals surface area contributed by atoms with Gasteiger partial charge in [0.05, 0.1) is 0 Å². The van der Waals surface area contributed by atoms with Gasteiger partial charge in [0, 0.05) is 19.3 Å². The van der Waals surface area contributed by atoms with Gasteiger partial charge >= 0.3 is 0 Å². The fourth-order valence-corrected chi connectivity index (χ4v) is 0.962. The van der Waals surface area contributed by atoms with Crippen molar-refractivity contribution in [1.82, 2.24) is 0 Å². The molecule has 12 heavy (non-hydrogen) atoms. The summed E-state index contributed by atoms with van der Waals surface area (Å²) in [5, 5.41) is 0. The summed E-state index contributed by atoms with van der Waals surface area (Å²) in [6.07, 6.45) is 3.17. The molecular formula is C11H18O. The lowest BCUT2D eigenvalue weighted by Crippen LogP contribution is -2.03. The number of carbonyl (C=O) groups is 1. The second-order valence-electron chi connectivity index (χ2n) is 3.18. The number of ketones is 1. The Morgan fingerprint density at radius 1 is 1.50 bits per heavy atom.